The molecule has 12 heteroatoms. The molecule has 0 saturated heterocycles. The number of para-hydroxylation sites is 1. The quantitative estimate of drug-likeness (QED) is 0.278. The number of ether oxygens (including phenoxy) is 1. The van der Waals surface area contributed by atoms with Crippen LogP contribution in [0.1, 0.15) is 37.2 Å². The molecule has 0 bridgehead atoms. The zero-order valence-electron chi connectivity index (χ0n) is 18.8. The second-order valence-corrected chi connectivity index (χ2v) is 9.28. The van der Waals surface area contributed by atoms with E-state index in [2.05, 4.69) is 14.5 Å². The predicted molar refractivity (Wildman–Crippen MR) is 127 cm³/mol. The van der Waals surface area contributed by atoms with Crippen molar-refractivity contribution in [1.29, 1.82) is 0 Å². The summed E-state index contributed by atoms with van der Waals surface area (Å²) in [6.45, 7) is 5.85. The van der Waals surface area contributed by atoms with Crippen LogP contribution in [0.25, 0.3) is 0 Å². The van der Waals surface area contributed by atoms with E-state index in [4.69, 9.17) is 20.3 Å². The molecule has 0 spiro atoms. The first-order valence-electron chi connectivity index (χ1n) is 10.2. The van der Waals surface area contributed by atoms with Gasteiger partial charge in [0.1, 0.15) is 17.4 Å². The van der Waals surface area contributed by atoms with Crippen molar-refractivity contribution in [3.05, 3.63) is 58.0 Å². The zero-order valence-corrected chi connectivity index (χ0v) is 20.5. The molecule has 180 valence electrons. The van der Waals surface area contributed by atoms with Gasteiger partial charge in [-0.2, -0.15) is 0 Å². The lowest BCUT2D eigenvalue weighted by molar-refractivity contribution is -0.116. The Balaban J connectivity index is 2.28. The number of benzene rings is 1. The van der Waals surface area contributed by atoms with Crippen molar-refractivity contribution in [2.75, 3.05) is 18.9 Å². The number of carbonyl (C=O) groups is 1. The number of anilines is 1. The lowest BCUT2D eigenvalue weighted by Gasteiger charge is -2.23. The number of amides is 1. The second-order valence-electron chi connectivity index (χ2n) is 6.97. The lowest BCUT2D eigenvalue weighted by Crippen LogP contribution is -2.22. The summed E-state index contributed by atoms with van der Waals surface area (Å²) in [6.07, 6.45) is 2.44. The molecule has 33 heavy (non-hydrogen) atoms. The molecule has 0 saturated carbocycles. The summed E-state index contributed by atoms with van der Waals surface area (Å²) in [5.74, 6) is 2.10. The molecule has 4 N–H and O–H groups in total. The Labute approximate surface area is 197 Å². The van der Waals surface area contributed by atoms with Gasteiger partial charge in [0.05, 0.1) is 19.8 Å². The average Bonchev–Trinajstić information content (AvgIpc) is 2.75. The number of rotatable bonds is 13. The topological polar surface area (TPSA) is 148 Å². The number of nitrogens with zero attached hydrogens (tertiary/aromatic N) is 3. The Morgan fingerprint density at radius 1 is 1.30 bits per heavy atom. The number of aromatic nitrogens is 2. The van der Waals surface area contributed by atoms with E-state index in [1.807, 2.05) is 31.2 Å². The molecule has 1 aromatic heterocycles. The molecule has 1 aromatic carbocycles. The number of nitrogen functional groups attached to an aromatic ring is 1. The minimum atomic E-state index is -4.61. The van der Waals surface area contributed by atoms with Crippen molar-refractivity contribution < 1.29 is 28.4 Å². The number of hydrogen-bond donors (Lipinski definition) is 3. The standard InChI is InChI=1S/C21H29N4O6PS/c1-4-30-19-8-6-5-7-17(19)13-33-20(9-10-31-32(27,28)29)15(2)25(14-26)12-18-11-23-16(3)24-21(18)22/h5-8,11,14H,4,9-10,12-13H2,1-3H3,(H2,22,23,24)(H2,27,28,29)/b20-15-. The van der Waals surface area contributed by atoms with Crippen molar-refractivity contribution in [2.24, 2.45) is 0 Å². The van der Waals surface area contributed by atoms with Crippen LogP contribution >= 0.6 is 19.6 Å². The molecule has 10 nitrogen and oxygen atoms in total. The highest BCUT2D eigenvalue weighted by Gasteiger charge is 2.18. The number of phosphoric ester groups is 1. The van der Waals surface area contributed by atoms with Crippen LogP contribution in [0.2, 0.25) is 0 Å². The van der Waals surface area contributed by atoms with Gasteiger partial charge in [0.25, 0.3) is 0 Å². The molecular weight excluding hydrogens is 467 g/mol. The predicted octanol–water partition coefficient (Wildman–Crippen LogP) is 3.39. The van der Waals surface area contributed by atoms with Crippen LogP contribution < -0.4 is 10.5 Å². The number of nitrogens with two attached hydrogens (primary N) is 1. The molecule has 0 atom stereocenters. The molecule has 0 unspecified atom stereocenters. The maximum Gasteiger partial charge on any atom is 0.469 e. The third kappa shape index (κ3) is 8.79. The van der Waals surface area contributed by atoms with Gasteiger partial charge in [-0.15, -0.1) is 11.8 Å². The van der Waals surface area contributed by atoms with E-state index in [1.165, 1.54) is 16.7 Å². The van der Waals surface area contributed by atoms with Gasteiger partial charge in [-0.1, -0.05) is 18.2 Å². The number of phosphoric acid groups is 1. The summed E-state index contributed by atoms with van der Waals surface area (Å²) in [5.41, 5.74) is 8.13. The van der Waals surface area contributed by atoms with E-state index < -0.39 is 7.82 Å². The van der Waals surface area contributed by atoms with E-state index in [0.717, 1.165) is 16.2 Å². The Bertz CT molecular complexity index is 1030. The fourth-order valence-electron chi connectivity index (χ4n) is 2.91. The van der Waals surface area contributed by atoms with E-state index in [-0.39, 0.29) is 25.4 Å². The highest BCUT2D eigenvalue weighted by atomic mass is 32.2. The molecule has 0 aliphatic rings. The smallest absolute Gasteiger partial charge is 0.469 e. The number of allylic oxidation sites excluding steroid dienone is 1. The van der Waals surface area contributed by atoms with Crippen molar-refractivity contribution in [1.82, 2.24) is 14.9 Å². The van der Waals surface area contributed by atoms with Crippen LogP contribution in [0, 0.1) is 6.92 Å². The zero-order chi connectivity index (χ0) is 24.4. The molecule has 1 heterocycles. The van der Waals surface area contributed by atoms with Crippen molar-refractivity contribution in [2.45, 2.75) is 39.5 Å². The molecule has 0 radical (unpaired) electrons. The van der Waals surface area contributed by atoms with Crippen LogP contribution in [0.4, 0.5) is 5.82 Å². The first-order valence-corrected chi connectivity index (χ1v) is 12.7. The average molecular weight is 497 g/mol. The monoisotopic (exact) mass is 496 g/mol. The Kier molecular flexibility index (Phi) is 10.3. The first-order chi connectivity index (χ1) is 15.6. The third-order valence-electron chi connectivity index (χ3n) is 4.58. The number of hydrogen-bond acceptors (Lipinski definition) is 8. The Morgan fingerprint density at radius 3 is 2.67 bits per heavy atom. The van der Waals surface area contributed by atoms with Crippen LogP contribution in [0.3, 0.4) is 0 Å². The van der Waals surface area contributed by atoms with Crippen LogP contribution in [-0.2, 0) is 26.2 Å². The van der Waals surface area contributed by atoms with Crippen molar-refractivity contribution in [3.8, 4) is 5.75 Å². The minimum absolute atomic E-state index is 0.153. The van der Waals surface area contributed by atoms with Crippen LogP contribution in [0.15, 0.2) is 41.1 Å². The highest BCUT2D eigenvalue weighted by molar-refractivity contribution is 8.02. The Hall–Kier alpha value is -2.43. The summed E-state index contributed by atoms with van der Waals surface area (Å²) >= 11 is 1.44. The minimum Gasteiger partial charge on any atom is -0.494 e. The third-order valence-corrected chi connectivity index (χ3v) is 6.41. The van der Waals surface area contributed by atoms with E-state index in [1.54, 1.807) is 20.0 Å². The maximum atomic E-state index is 11.9. The van der Waals surface area contributed by atoms with Crippen LogP contribution in [-0.4, -0.2) is 44.3 Å². The van der Waals surface area contributed by atoms with Gasteiger partial charge in [0.2, 0.25) is 6.41 Å². The van der Waals surface area contributed by atoms with Crippen LogP contribution in [0.5, 0.6) is 5.75 Å². The van der Waals surface area contributed by atoms with Gasteiger partial charge in [0, 0.05) is 40.1 Å². The molecule has 0 aliphatic heterocycles. The van der Waals surface area contributed by atoms with Gasteiger partial charge in [0.15, 0.2) is 0 Å². The van der Waals surface area contributed by atoms with Gasteiger partial charge in [-0.25, -0.2) is 14.5 Å². The molecule has 0 aliphatic carbocycles. The first kappa shape index (κ1) is 26.8. The SMILES string of the molecule is CCOc1ccccc1CS/C(CCOP(=O)(O)O)=C(/C)N(C=O)Cc1cnc(C)nc1N. The van der Waals surface area contributed by atoms with Crippen molar-refractivity contribution >= 4 is 31.8 Å². The summed E-state index contributed by atoms with van der Waals surface area (Å²) in [6, 6.07) is 7.62. The highest BCUT2D eigenvalue weighted by Crippen LogP contribution is 2.38. The van der Waals surface area contributed by atoms with Gasteiger partial charge in [-0.05, 0) is 26.8 Å². The molecule has 2 aromatic rings. The van der Waals surface area contributed by atoms with Gasteiger partial charge >= 0.3 is 7.82 Å². The number of carbonyl (C=O) groups excluding carboxylic acids is 1. The van der Waals surface area contributed by atoms with Gasteiger partial charge in [-0.3, -0.25) is 9.32 Å². The largest absolute Gasteiger partial charge is 0.494 e. The molecular formula is C21H29N4O6PS. The summed E-state index contributed by atoms with van der Waals surface area (Å²) in [4.78, 5) is 40.4. The van der Waals surface area contributed by atoms with E-state index in [9.17, 15) is 9.36 Å². The van der Waals surface area contributed by atoms with Crippen molar-refractivity contribution in [3.63, 3.8) is 0 Å². The normalized spacial score (nSPS) is 12.3. The van der Waals surface area contributed by atoms with Gasteiger partial charge < -0.3 is 25.2 Å². The fourth-order valence-corrected chi connectivity index (χ4v) is 4.36. The molecule has 1 amide bonds. The maximum absolute atomic E-state index is 11.9. The Morgan fingerprint density at radius 2 is 2.03 bits per heavy atom. The summed E-state index contributed by atoms with van der Waals surface area (Å²) in [5, 5.41) is 0. The summed E-state index contributed by atoms with van der Waals surface area (Å²) < 4.78 is 21.4. The number of thioether (sulfide) groups is 1. The molecule has 2 rings (SSSR count). The fraction of sp³-hybridized carbons (Fsp3) is 0.381. The molecule has 0 fully saturated rings. The second kappa shape index (κ2) is 12.7. The van der Waals surface area contributed by atoms with E-state index in [0.29, 0.717) is 35.9 Å². The lowest BCUT2D eigenvalue weighted by atomic mass is 10.2. The number of aryl methyl sites for hydroxylation is 1. The van der Waals surface area contributed by atoms with E-state index >= 15 is 0 Å². The summed E-state index contributed by atoms with van der Waals surface area (Å²) in [7, 11) is -4.61.